The molecule has 0 bridgehead atoms. The summed E-state index contributed by atoms with van der Waals surface area (Å²) < 4.78 is 0. The summed E-state index contributed by atoms with van der Waals surface area (Å²) in [6.45, 7) is 13.4. The van der Waals surface area contributed by atoms with Crippen LogP contribution >= 0.6 is 0 Å². The van der Waals surface area contributed by atoms with Gasteiger partial charge in [-0.15, -0.1) is 0 Å². The van der Waals surface area contributed by atoms with Crippen molar-refractivity contribution in [1.29, 1.82) is 0 Å². The normalized spacial score (nSPS) is 27.4. The van der Waals surface area contributed by atoms with E-state index in [2.05, 4.69) is 64.1 Å². The standard InChI is InChI=1S/C27H36N4O3/c1-17-7-9-19(26(17,3)4)13-14-28-30-24(15-20-10-8-18(2)27(20,5)6)29-23-16-21(31(33)34)11-12-22(23)25(30)32/h7-8,11-12,14,16,19-20,24,29H,9-10,13,15H2,1-6H3/t19-,20+,24-/m1/s1. The molecule has 2 aliphatic carbocycles. The molecule has 0 aromatic heterocycles. The molecule has 0 saturated heterocycles. The molecule has 1 N–H and O–H groups in total. The molecule has 1 aromatic rings. The smallest absolute Gasteiger partial charge is 0.278 e. The molecule has 182 valence electrons. The molecule has 0 radical (unpaired) electrons. The fraction of sp³-hybridized carbons (Fsp3) is 0.556. The van der Waals surface area contributed by atoms with Crippen LogP contribution < -0.4 is 5.32 Å². The lowest BCUT2D eigenvalue weighted by atomic mass is 9.75. The summed E-state index contributed by atoms with van der Waals surface area (Å²) in [4.78, 5) is 24.4. The maximum atomic E-state index is 13.5. The lowest BCUT2D eigenvalue weighted by Crippen LogP contribution is -2.47. The highest BCUT2D eigenvalue weighted by atomic mass is 16.6. The molecule has 0 fully saturated rings. The van der Waals surface area contributed by atoms with Gasteiger partial charge in [0, 0.05) is 18.3 Å². The Kier molecular flexibility index (Phi) is 6.17. The second kappa shape index (κ2) is 8.67. The Morgan fingerprint density at radius 2 is 1.74 bits per heavy atom. The highest BCUT2D eigenvalue weighted by Gasteiger charge is 2.41. The molecule has 1 aromatic carbocycles. The lowest BCUT2D eigenvalue weighted by Gasteiger charge is -2.39. The number of carbonyl (C=O) groups is 1. The number of nitro groups is 1. The van der Waals surface area contributed by atoms with Crippen molar-refractivity contribution >= 4 is 23.5 Å². The number of hydrogen-bond acceptors (Lipinski definition) is 5. The Balaban J connectivity index is 1.60. The van der Waals surface area contributed by atoms with E-state index in [1.165, 1.54) is 29.3 Å². The number of hydrogen-bond donors (Lipinski definition) is 1. The largest absolute Gasteiger partial charge is 0.363 e. The van der Waals surface area contributed by atoms with Gasteiger partial charge in [0.1, 0.15) is 6.17 Å². The number of benzene rings is 1. The molecule has 0 spiro atoms. The van der Waals surface area contributed by atoms with Crippen LogP contribution in [0.15, 0.2) is 46.6 Å². The number of nitrogens with one attached hydrogen (secondary N) is 1. The van der Waals surface area contributed by atoms with Gasteiger partial charge in [0.2, 0.25) is 0 Å². The van der Waals surface area contributed by atoms with Crippen molar-refractivity contribution in [3.05, 3.63) is 57.2 Å². The van der Waals surface area contributed by atoms with Crippen LogP contribution in [0.5, 0.6) is 0 Å². The number of nitrogens with zero attached hydrogens (tertiary/aromatic N) is 3. The number of fused-ring (bicyclic) bond motifs is 1. The Morgan fingerprint density at radius 1 is 1.12 bits per heavy atom. The Labute approximate surface area is 202 Å². The Hall–Kier alpha value is -2.96. The number of allylic oxidation sites excluding steroid dienone is 4. The third kappa shape index (κ3) is 4.17. The van der Waals surface area contributed by atoms with Crippen molar-refractivity contribution in [2.75, 3.05) is 5.32 Å². The van der Waals surface area contributed by atoms with Gasteiger partial charge in [0.05, 0.1) is 16.2 Å². The van der Waals surface area contributed by atoms with E-state index in [1.807, 2.05) is 6.21 Å². The summed E-state index contributed by atoms with van der Waals surface area (Å²) in [5, 5.41) is 21.0. The van der Waals surface area contributed by atoms with Crippen molar-refractivity contribution in [3.63, 3.8) is 0 Å². The predicted octanol–water partition coefficient (Wildman–Crippen LogP) is 6.54. The zero-order chi connectivity index (χ0) is 24.8. The van der Waals surface area contributed by atoms with Crippen LogP contribution in [-0.2, 0) is 0 Å². The maximum absolute atomic E-state index is 13.5. The molecule has 3 aliphatic rings. The lowest BCUT2D eigenvalue weighted by molar-refractivity contribution is -0.384. The van der Waals surface area contributed by atoms with Crippen LogP contribution in [0.25, 0.3) is 0 Å². The quantitative estimate of drug-likeness (QED) is 0.224. The first-order chi connectivity index (χ1) is 15.9. The van der Waals surface area contributed by atoms with Crippen LogP contribution in [0.4, 0.5) is 11.4 Å². The van der Waals surface area contributed by atoms with Crippen LogP contribution in [-0.4, -0.2) is 28.2 Å². The molecule has 0 unspecified atom stereocenters. The van der Waals surface area contributed by atoms with Gasteiger partial charge in [-0.1, -0.05) is 51.0 Å². The zero-order valence-corrected chi connectivity index (χ0v) is 21.1. The van der Waals surface area contributed by atoms with Gasteiger partial charge >= 0.3 is 0 Å². The summed E-state index contributed by atoms with van der Waals surface area (Å²) in [5.41, 5.74) is 3.81. The molecule has 3 atom stereocenters. The Bertz CT molecular complexity index is 1100. The Morgan fingerprint density at radius 3 is 2.29 bits per heavy atom. The van der Waals surface area contributed by atoms with Gasteiger partial charge in [0.25, 0.3) is 11.6 Å². The minimum Gasteiger partial charge on any atom is -0.363 e. The number of carbonyl (C=O) groups excluding carboxylic acids is 1. The van der Waals surface area contributed by atoms with E-state index >= 15 is 0 Å². The molecule has 1 aliphatic heterocycles. The van der Waals surface area contributed by atoms with Crippen LogP contribution in [0.3, 0.4) is 0 Å². The highest BCUT2D eigenvalue weighted by molar-refractivity contribution is 6.02. The predicted molar refractivity (Wildman–Crippen MR) is 136 cm³/mol. The first-order valence-corrected chi connectivity index (χ1v) is 12.2. The van der Waals surface area contributed by atoms with E-state index in [9.17, 15) is 14.9 Å². The fourth-order valence-corrected chi connectivity index (χ4v) is 5.46. The van der Waals surface area contributed by atoms with Crippen molar-refractivity contribution < 1.29 is 9.72 Å². The van der Waals surface area contributed by atoms with E-state index < -0.39 is 4.92 Å². The van der Waals surface area contributed by atoms with Gasteiger partial charge in [-0.2, -0.15) is 5.10 Å². The van der Waals surface area contributed by atoms with Crippen molar-refractivity contribution in [3.8, 4) is 0 Å². The molecular formula is C27H36N4O3. The molecule has 7 nitrogen and oxygen atoms in total. The SMILES string of the molecule is CC1=CC[C@H](CC=NN2C(=O)c3ccc([N+](=O)[O-])cc3N[C@H]2C[C@@H]2CC=C(C)C2(C)C)C1(C)C. The molecule has 1 heterocycles. The summed E-state index contributed by atoms with van der Waals surface area (Å²) in [5.74, 6) is 0.583. The summed E-state index contributed by atoms with van der Waals surface area (Å²) in [6, 6.07) is 4.36. The zero-order valence-electron chi connectivity index (χ0n) is 21.1. The van der Waals surface area contributed by atoms with E-state index in [4.69, 9.17) is 0 Å². The van der Waals surface area contributed by atoms with E-state index in [1.54, 1.807) is 5.01 Å². The van der Waals surface area contributed by atoms with Gasteiger partial charge in [0.15, 0.2) is 0 Å². The first kappa shape index (κ1) is 24.2. The number of nitro benzene ring substituents is 1. The molecule has 0 saturated carbocycles. The third-order valence-corrected chi connectivity index (χ3v) is 8.86. The van der Waals surface area contributed by atoms with Crippen molar-refractivity contribution in [2.45, 2.75) is 73.4 Å². The van der Waals surface area contributed by atoms with Crippen LogP contribution in [0.2, 0.25) is 0 Å². The average molecular weight is 465 g/mol. The maximum Gasteiger partial charge on any atom is 0.278 e. The highest BCUT2D eigenvalue weighted by Crippen LogP contribution is 2.47. The minimum absolute atomic E-state index is 0.0279. The monoisotopic (exact) mass is 464 g/mol. The number of non-ortho nitro benzene ring substituents is 1. The van der Waals surface area contributed by atoms with E-state index in [0.29, 0.717) is 29.5 Å². The van der Waals surface area contributed by atoms with Gasteiger partial charge in [-0.05, 0) is 68.3 Å². The second-order valence-electron chi connectivity index (χ2n) is 11.1. The second-order valence-corrected chi connectivity index (χ2v) is 11.1. The molecule has 1 amide bonds. The van der Waals surface area contributed by atoms with Crippen molar-refractivity contribution in [2.24, 2.45) is 27.8 Å². The van der Waals surface area contributed by atoms with Gasteiger partial charge < -0.3 is 5.32 Å². The van der Waals surface area contributed by atoms with E-state index in [0.717, 1.165) is 19.3 Å². The van der Waals surface area contributed by atoms with Crippen molar-refractivity contribution in [1.82, 2.24) is 5.01 Å². The summed E-state index contributed by atoms with van der Waals surface area (Å²) in [6.07, 6.45) is 9.57. The molecule has 4 rings (SSSR count). The van der Waals surface area contributed by atoms with Gasteiger partial charge in [-0.25, -0.2) is 5.01 Å². The molecule has 34 heavy (non-hydrogen) atoms. The van der Waals surface area contributed by atoms with Crippen LogP contribution in [0, 0.1) is 32.8 Å². The van der Waals surface area contributed by atoms with Gasteiger partial charge in [-0.3, -0.25) is 14.9 Å². The fourth-order valence-electron chi connectivity index (χ4n) is 5.46. The number of hydrazone groups is 1. The summed E-state index contributed by atoms with van der Waals surface area (Å²) >= 11 is 0. The third-order valence-electron chi connectivity index (χ3n) is 8.86. The molecule has 7 heteroatoms. The number of anilines is 1. The number of amides is 1. The van der Waals surface area contributed by atoms with Crippen LogP contribution in [0.1, 0.15) is 77.6 Å². The first-order valence-electron chi connectivity index (χ1n) is 12.2. The topological polar surface area (TPSA) is 87.8 Å². The summed E-state index contributed by atoms with van der Waals surface area (Å²) in [7, 11) is 0. The average Bonchev–Trinajstić information content (AvgIpc) is 3.18. The minimum atomic E-state index is -0.432. The number of rotatable bonds is 6. The van der Waals surface area contributed by atoms with E-state index in [-0.39, 0.29) is 28.6 Å². The molecular weight excluding hydrogens is 428 g/mol.